The van der Waals surface area contributed by atoms with Gasteiger partial charge in [0.1, 0.15) is 0 Å². The minimum absolute atomic E-state index is 0.252. The molecule has 0 bridgehead atoms. The molecule has 0 aliphatic carbocycles. The standard InChI is InChI=1S/C20H24N2OS/c1-17-7-5-6-10-19(17)24-16-20(23)22-13-11-21(12-14-22)15-18-8-3-2-4-9-18/h2-10H,11-16H2,1H3. The van der Waals surface area contributed by atoms with Gasteiger partial charge in [0.25, 0.3) is 0 Å². The van der Waals surface area contributed by atoms with Gasteiger partial charge in [0.05, 0.1) is 5.75 Å². The van der Waals surface area contributed by atoms with Crippen LogP contribution < -0.4 is 0 Å². The number of hydrogen-bond acceptors (Lipinski definition) is 3. The fourth-order valence-electron chi connectivity index (χ4n) is 2.95. The Morgan fingerprint density at radius 1 is 0.958 bits per heavy atom. The van der Waals surface area contributed by atoms with E-state index in [-0.39, 0.29) is 5.91 Å². The van der Waals surface area contributed by atoms with Crippen molar-refractivity contribution in [2.45, 2.75) is 18.4 Å². The van der Waals surface area contributed by atoms with Gasteiger partial charge in [-0.25, -0.2) is 0 Å². The van der Waals surface area contributed by atoms with Crippen molar-refractivity contribution in [2.75, 3.05) is 31.9 Å². The summed E-state index contributed by atoms with van der Waals surface area (Å²) in [5.74, 6) is 0.784. The van der Waals surface area contributed by atoms with Gasteiger partial charge in [0, 0.05) is 37.6 Å². The van der Waals surface area contributed by atoms with E-state index in [1.165, 1.54) is 16.0 Å². The summed E-state index contributed by atoms with van der Waals surface area (Å²) in [7, 11) is 0. The molecule has 3 rings (SSSR count). The van der Waals surface area contributed by atoms with E-state index in [1.807, 2.05) is 23.1 Å². The predicted octanol–water partition coefficient (Wildman–Crippen LogP) is 3.43. The van der Waals surface area contributed by atoms with Crippen molar-refractivity contribution in [3.8, 4) is 0 Å². The third-order valence-corrected chi connectivity index (χ3v) is 5.58. The van der Waals surface area contributed by atoms with Crippen LogP contribution in [0.2, 0.25) is 0 Å². The molecule has 0 unspecified atom stereocenters. The maximum Gasteiger partial charge on any atom is 0.233 e. The molecular formula is C20H24N2OS. The molecule has 1 aliphatic heterocycles. The van der Waals surface area contributed by atoms with Crippen molar-refractivity contribution in [3.63, 3.8) is 0 Å². The Hall–Kier alpha value is -1.78. The van der Waals surface area contributed by atoms with Crippen molar-refractivity contribution in [1.82, 2.24) is 9.80 Å². The largest absolute Gasteiger partial charge is 0.339 e. The topological polar surface area (TPSA) is 23.6 Å². The summed E-state index contributed by atoms with van der Waals surface area (Å²) < 4.78 is 0. The zero-order chi connectivity index (χ0) is 16.8. The van der Waals surface area contributed by atoms with Crippen LogP contribution in [-0.4, -0.2) is 47.6 Å². The predicted molar refractivity (Wildman–Crippen MR) is 100 cm³/mol. The quantitative estimate of drug-likeness (QED) is 0.779. The van der Waals surface area contributed by atoms with Crippen molar-refractivity contribution < 1.29 is 4.79 Å². The van der Waals surface area contributed by atoms with Gasteiger partial charge < -0.3 is 4.90 Å². The van der Waals surface area contributed by atoms with Gasteiger partial charge in [-0.2, -0.15) is 0 Å². The van der Waals surface area contributed by atoms with Crippen LogP contribution in [-0.2, 0) is 11.3 Å². The van der Waals surface area contributed by atoms with Crippen LogP contribution >= 0.6 is 11.8 Å². The van der Waals surface area contributed by atoms with Crippen LogP contribution in [0.25, 0.3) is 0 Å². The van der Waals surface area contributed by atoms with Gasteiger partial charge in [-0.3, -0.25) is 9.69 Å². The summed E-state index contributed by atoms with van der Waals surface area (Å²) in [6.45, 7) is 6.64. The number of thioether (sulfide) groups is 1. The highest BCUT2D eigenvalue weighted by atomic mass is 32.2. The van der Waals surface area contributed by atoms with Crippen molar-refractivity contribution >= 4 is 17.7 Å². The van der Waals surface area contributed by atoms with Crippen LogP contribution in [0.4, 0.5) is 0 Å². The molecule has 0 N–H and O–H groups in total. The third kappa shape index (κ3) is 4.62. The maximum atomic E-state index is 12.4. The van der Waals surface area contributed by atoms with Crippen molar-refractivity contribution in [2.24, 2.45) is 0 Å². The Bertz CT molecular complexity index is 666. The molecule has 3 nitrogen and oxygen atoms in total. The first-order chi connectivity index (χ1) is 11.7. The second-order valence-corrected chi connectivity index (χ2v) is 7.21. The zero-order valence-electron chi connectivity index (χ0n) is 14.1. The van der Waals surface area contributed by atoms with Gasteiger partial charge in [0.2, 0.25) is 5.91 Å². The summed E-state index contributed by atoms with van der Waals surface area (Å²) in [6, 6.07) is 18.8. The number of nitrogens with zero attached hydrogens (tertiary/aromatic N) is 2. The van der Waals surface area contributed by atoms with Crippen LogP contribution in [0.5, 0.6) is 0 Å². The summed E-state index contributed by atoms with van der Waals surface area (Å²) >= 11 is 1.65. The lowest BCUT2D eigenvalue weighted by molar-refractivity contribution is -0.130. The average molecular weight is 340 g/mol. The molecule has 24 heavy (non-hydrogen) atoms. The Kier molecular flexibility index (Phi) is 5.94. The van der Waals surface area contributed by atoms with Gasteiger partial charge in [0.15, 0.2) is 0 Å². The van der Waals surface area contributed by atoms with Gasteiger partial charge in [-0.05, 0) is 24.1 Å². The molecule has 126 valence electrons. The summed E-state index contributed by atoms with van der Waals surface area (Å²) in [5.41, 5.74) is 2.58. The fraction of sp³-hybridized carbons (Fsp3) is 0.350. The molecule has 0 spiro atoms. The summed E-state index contributed by atoms with van der Waals surface area (Å²) in [6.07, 6.45) is 0. The smallest absolute Gasteiger partial charge is 0.233 e. The molecule has 1 saturated heterocycles. The third-order valence-electron chi connectivity index (χ3n) is 4.42. The van der Waals surface area contributed by atoms with Crippen LogP contribution in [0, 0.1) is 6.92 Å². The van der Waals surface area contributed by atoms with Crippen LogP contribution in [0.15, 0.2) is 59.5 Å². The molecule has 4 heteroatoms. The molecule has 1 amide bonds. The summed E-state index contributed by atoms with van der Waals surface area (Å²) in [4.78, 5) is 18.1. The number of piperazine rings is 1. The van der Waals surface area contributed by atoms with E-state index in [0.29, 0.717) is 5.75 Å². The van der Waals surface area contributed by atoms with Gasteiger partial charge in [-0.1, -0.05) is 48.5 Å². The average Bonchev–Trinajstić information content (AvgIpc) is 2.62. The molecule has 1 heterocycles. The van der Waals surface area contributed by atoms with Gasteiger partial charge >= 0.3 is 0 Å². The van der Waals surface area contributed by atoms with E-state index >= 15 is 0 Å². The lowest BCUT2D eigenvalue weighted by Crippen LogP contribution is -2.48. The molecule has 0 saturated carbocycles. The molecule has 1 aliphatic rings. The fourth-order valence-corrected chi connectivity index (χ4v) is 3.88. The zero-order valence-corrected chi connectivity index (χ0v) is 15.0. The highest BCUT2D eigenvalue weighted by Crippen LogP contribution is 2.22. The monoisotopic (exact) mass is 340 g/mol. The Morgan fingerprint density at radius 2 is 1.62 bits per heavy atom. The number of amides is 1. The highest BCUT2D eigenvalue weighted by Gasteiger charge is 2.21. The molecule has 2 aromatic carbocycles. The Labute approximate surface area is 148 Å². The maximum absolute atomic E-state index is 12.4. The van der Waals surface area contributed by atoms with Crippen molar-refractivity contribution in [3.05, 3.63) is 65.7 Å². The highest BCUT2D eigenvalue weighted by molar-refractivity contribution is 8.00. The number of rotatable bonds is 5. The number of carbonyl (C=O) groups is 1. The normalized spacial score (nSPS) is 15.5. The number of benzene rings is 2. The number of carbonyl (C=O) groups excluding carboxylic acids is 1. The van der Waals surface area contributed by atoms with Crippen molar-refractivity contribution in [1.29, 1.82) is 0 Å². The second kappa shape index (κ2) is 8.36. The van der Waals surface area contributed by atoms with E-state index < -0.39 is 0 Å². The Balaban J connectivity index is 1.44. The molecular weight excluding hydrogens is 316 g/mol. The molecule has 1 fully saturated rings. The van der Waals surface area contributed by atoms with E-state index in [1.54, 1.807) is 11.8 Å². The van der Waals surface area contributed by atoms with E-state index in [2.05, 4.69) is 48.2 Å². The van der Waals surface area contributed by atoms with Crippen LogP contribution in [0.3, 0.4) is 0 Å². The Morgan fingerprint density at radius 3 is 2.33 bits per heavy atom. The van der Waals surface area contributed by atoms with Crippen LogP contribution in [0.1, 0.15) is 11.1 Å². The molecule has 0 aromatic heterocycles. The van der Waals surface area contributed by atoms with Gasteiger partial charge in [-0.15, -0.1) is 11.8 Å². The molecule has 0 radical (unpaired) electrons. The van der Waals surface area contributed by atoms with E-state index in [9.17, 15) is 4.79 Å². The first-order valence-corrected chi connectivity index (χ1v) is 9.43. The molecule has 0 atom stereocenters. The first-order valence-electron chi connectivity index (χ1n) is 8.45. The number of hydrogen-bond donors (Lipinski definition) is 0. The minimum Gasteiger partial charge on any atom is -0.339 e. The molecule has 2 aromatic rings. The first kappa shape index (κ1) is 17.1. The minimum atomic E-state index is 0.252. The lowest BCUT2D eigenvalue weighted by Gasteiger charge is -2.34. The van der Waals surface area contributed by atoms with E-state index in [4.69, 9.17) is 0 Å². The van der Waals surface area contributed by atoms with E-state index in [0.717, 1.165) is 32.7 Å². The summed E-state index contributed by atoms with van der Waals surface area (Å²) in [5, 5.41) is 0. The lowest BCUT2D eigenvalue weighted by atomic mass is 10.2. The number of aryl methyl sites for hydroxylation is 1. The SMILES string of the molecule is Cc1ccccc1SCC(=O)N1CCN(Cc2ccccc2)CC1. The second-order valence-electron chi connectivity index (χ2n) is 6.20.